The van der Waals surface area contributed by atoms with Gasteiger partial charge in [0.1, 0.15) is 0 Å². The predicted molar refractivity (Wildman–Crippen MR) is 210 cm³/mol. The van der Waals surface area contributed by atoms with Crippen LogP contribution in [0.5, 0.6) is 0 Å². The molecule has 0 bridgehead atoms. The molecule has 0 aromatic heterocycles. The van der Waals surface area contributed by atoms with Gasteiger partial charge in [-0.3, -0.25) is 0 Å². The zero-order valence-electron chi connectivity index (χ0n) is 32.4. The van der Waals surface area contributed by atoms with E-state index >= 15 is 0 Å². The molecule has 3 rings (SSSR count). The first-order valence-electron chi connectivity index (χ1n) is 21.6. The Labute approximate surface area is 300 Å². The van der Waals surface area contributed by atoms with E-state index in [1.807, 2.05) is 0 Å². The van der Waals surface area contributed by atoms with Crippen molar-refractivity contribution in [2.24, 2.45) is 11.3 Å². The topological polar surface area (TPSA) is 18.5 Å². The summed E-state index contributed by atoms with van der Waals surface area (Å²) in [5.74, 6) is 0.547. The molecular formula is C46H80O2. The van der Waals surface area contributed by atoms with E-state index < -0.39 is 0 Å². The van der Waals surface area contributed by atoms with Gasteiger partial charge in [-0.05, 0) is 101 Å². The smallest absolute Gasteiger partial charge is 0.170 e. The van der Waals surface area contributed by atoms with Crippen LogP contribution in [0.2, 0.25) is 0 Å². The lowest BCUT2D eigenvalue weighted by Crippen LogP contribution is -2.53. The van der Waals surface area contributed by atoms with Crippen molar-refractivity contribution in [3.63, 3.8) is 0 Å². The summed E-state index contributed by atoms with van der Waals surface area (Å²) in [4.78, 5) is 0. The van der Waals surface area contributed by atoms with Gasteiger partial charge in [-0.25, -0.2) is 0 Å². The molecule has 0 amide bonds. The average Bonchev–Trinajstić information content (AvgIpc) is 3.58. The van der Waals surface area contributed by atoms with Crippen molar-refractivity contribution in [2.45, 2.75) is 231 Å². The molecule has 1 aliphatic heterocycles. The SMILES string of the molecule is CCCCC/C=C\C/C=C\CCCCCCCCC1(CCCCCCCC/C=C\C/C=C\CCCCC)CC2(C1)OC1CC(C)CC1O2. The third kappa shape index (κ3) is 17.2. The molecule has 2 unspecified atom stereocenters. The molecule has 2 atom stereocenters. The average molecular weight is 665 g/mol. The van der Waals surface area contributed by atoms with Crippen LogP contribution >= 0.6 is 0 Å². The first-order chi connectivity index (χ1) is 23.6. The fourth-order valence-corrected chi connectivity index (χ4v) is 8.73. The monoisotopic (exact) mass is 665 g/mol. The zero-order chi connectivity index (χ0) is 34.0. The van der Waals surface area contributed by atoms with Gasteiger partial charge < -0.3 is 9.47 Å². The molecule has 0 aromatic carbocycles. The molecule has 3 fully saturated rings. The van der Waals surface area contributed by atoms with Crippen molar-refractivity contribution in [1.82, 2.24) is 0 Å². The minimum absolute atomic E-state index is 0.216. The summed E-state index contributed by atoms with van der Waals surface area (Å²) >= 11 is 0. The van der Waals surface area contributed by atoms with Crippen molar-refractivity contribution >= 4 is 0 Å². The van der Waals surface area contributed by atoms with Gasteiger partial charge in [-0.15, -0.1) is 0 Å². The second-order valence-corrected chi connectivity index (χ2v) is 16.3. The highest BCUT2D eigenvalue weighted by Crippen LogP contribution is 2.61. The zero-order valence-corrected chi connectivity index (χ0v) is 32.4. The molecule has 1 spiro atoms. The van der Waals surface area contributed by atoms with Crippen molar-refractivity contribution in [1.29, 1.82) is 0 Å². The van der Waals surface area contributed by atoms with E-state index in [1.165, 1.54) is 180 Å². The summed E-state index contributed by atoms with van der Waals surface area (Å²) in [6, 6.07) is 0. The van der Waals surface area contributed by atoms with Gasteiger partial charge in [0.25, 0.3) is 0 Å². The molecule has 1 saturated heterocycles. The summed E-state index contributed by atoms with van der Waals surface area (Å²) in [5.41, 5.74) is 0.481. The number of ether oxygens (including phenoxy) is 2. The maximum absolute atomic E-state index is 6.66. The number of rotatable bonds is 30. The maximum Gasteiger partial charge on any atom is 0.170 e. The number of unbranched alkanes of at least 4 members (excludes halogenated alkanes) is 18. The number of fused-ring (bicyclic) bond motifs is 1. The molecule has 2 heteroatoms. The number of hydrogen-bond acceptors (Lipinski definition) is 2. The molecule has 2 saturated carbocycles. The van der Waals surface area contributed by atoms with Gasteiger partial charge in [-0.2, -0.15) is 0 Å². The molecule has 1 heterocycles. The van der Waals surface area contributed by atoms with Crippen molar-refractivity contribution in [3.05, 3.63) is 48.6 Å². The maximum atomic E-state index is 6.66. The Hall–Kier alpha value is -1.12. The van der Waals surface area contributed by atoms with Crippen LogP contribution in [0.15, 0.2) is 48.6 Å². The lowest BCUT2D eigenvalue weighted by Gasteiger charge is -2.54. The largest absolute Gasteiger partial charge is 0.344 e. The van der Waals surface area contributed by atoms with Gasteiger partial charge in [0.2, 0.25) is 0 Å². The Kier molecular flexibility index (Phi) is 22.2. The third-order valence-corrected chi connectivity index (χ3v) is 11.5. The minimum Gasteiger partial charge on any atom is -0.344 e. The quantitative estimate of drug-likeness (QED) is 0.0562. The van der Waals surface area contributed by atoms with E-state index in [0.717, 1.165) is 18.8 Å². The Morgan fingerprint density at radius 1 is 0.458 bits per heavy atom. The van der Waals surface area contributed by atoms with Crippen LogP contribution in [0.1, 0.15) is 213 Å². The van der Waals surface area contributed by atoms with E-state index in [-0.39, 0.29) is 5.79 Å². The van der Waals surface area contributed by atoms with Crippen LogP contribution in [0.4, 0.5) is 0 Å². The summed E-state index contributed by atoms with van der Waals surface area (Å²) in [5, 5.41) is 0. The van der Waals surface area contributed by atoms with Crippen LogP contribution in [0.3, 0.4) is 0 Å². The standard InChI is InChI=1S/C46H80O2/c1-4-6-8-10-12-14-16-18-20-22-24-26-28-30-32-34-36-45(40-46(41-45)47-43-38-42(3)39-44(43)48-46)37-35-33-31-29-27-25-23-21-19-17-15-13-11-9-7-5-2/h12-15,18-21,42-44H,4-11,16-17,22-41H2,1-3H3/b14-12-,15-13-,20-18-,21-19-. The second-order valence-electron chi connectivity index (χ2n) is 16.3. The third-order valence-electron chi connectivity index (χ3n) is 11.5. The van der Waals surface area contributed by atoms with Crippen LogP contribution in [-0.2, 0) is 9.47 Å². The molecule has 2 nitrogen and oxygen atoms in total. The summed E-state index contributed by atoms with van der Waals surface area (Å²) in [6.45, 7) is 6.91. The highest BCUT2D eigenvalue weighted by atomic mass is 16.8. The van der Waals surface area contributed by atoms with E-state index in [4.69, 9.17) is 9.47 Å². The van der Waals surface area contributed by atoms with E-state index in [1.54, 1.807) is 0 Å². The van der Waals surface area contributed by atoms with Crippen LogP contribution < -0.4 is 0 Å². The molecule has 3 aliphatic rings. The Morgan fingerprint density at radius 3 is 1.21 bits per heavy atom. The van der Waals surface area contributed by atoms with E-state index in [2.05, 4.69) is 69.4 Å². The van der Waals surface area contributed by atoms with Gasteiger partial charge in [0.05, 0.1) is 12.2 Å². The number of hydrogen-bond donors (Lipinski definition) is 0. The summed E-state index contributed by atoms with van der Waals surface area (Å²) in [6.07, 6.45) is 59.2. The lowest BCUT2D eigenvalue weighted by atomic mass is 9.59. The fraction of sp³-hybridized carbons (Fsp3) is 0.826. The van der Waals surface area contributed by atoms with Gasteiger partial charge in [0, 0.05) is 12.8 Å². The normalized spacial score (nSPS) is 23.1. The van der Waals surface area contributed by atoms with Crippen LogP contribution in [0.25, 0.3) is 0 Å². The Balaban J connectivity index is 1.22. The van der Waals surface area contributed by atoms with Crippen molar-refractivity contribution in [3.8, 4) is 0 Å². The second kappa shape index (κ2) is 25.8. The predicted octanol–water partition coefficient (Wildman–Crippen LogP) is 15.1. The number of allylic oxidation sites excluding steroid dienone is 8. The van der Waals surface area contributed by atoms with Crippen molar-refractivity contribution in [2.75, 3.05) is 0 Å². The van der Waals surface area contributed by atoms with E-state index in [0.29, 0.717) is 17.6 Å². The highest BCUT2D eigenvalue weighted by Gasteiger charge is 2.62. The molecule has 0 radical (unpaired) electrons. The highest BCUT2D eigenvalue weighted by molar-refractivity contribution is 5.06. The summed E-state index contributed by atoms with van der Waals surface area (Å²) < 4.78 is 13.3. The van der Waals surface area contributed by atoms with E-state index in [9.17, 15) is 0 Å². The van der Waals surface area contributed by atoms with Gasteiger partial charge in [-0.1, -0.05) is 159 Å². The minimum atomic E-state index is -0.216. The molecule has 48 heavy (non-hydrogen) atoms. The summed E-state index contributed by atoms with van der Waals surface area (Å²) in [7, 11) is 0. The molecule has 276 valence electrons. The van der Waals surface area contributed by atoms with Gasteiger partial charge >= 0.3 is 0 Å². The first-order valence-corrected chi connectivity index (χ1v) is 21.6. The Bertz CT molecular complexity index is 824. The molecule has 0 aromatic rings. The molecular weight excluding hydrogens is 585 g/mol. The molecule has 0 N–H and O–H groups in total. The lowest BCUT2D eigenvalue weighted by molar-refractivity contribution is -0.281. The van der Waals surface area contributed by atoms with Crippen molar-refractivity contribution < 1.29 is 9.47 Å². The Morgan fingerprint density at radius 2 is 0.812 bits per heavy atom. The fourth-order valence-electron chi connectivity index (χ4n) is 8.73. The van der Waals surface area contributed by atoms with Crippen LogP contribution in [0, 0.1) is 11.3 Å². The van der Waals surface area contributed by atoms with Crippen LogP contribution in [-0.4, -0.2) is 18.0 Å². The van der Waals surface area contributed by atoms with Gasteiger partial charge in [0.15, 0.2) is 5.79 Å². The first kappa shape index (κ1) is 41.3. The molecule has 2 aliphatic carbocycles.